The van der Waals surface area contributed by atoms with Crippen LogP contribution in [0.3, 0.4) is 0 Å². The van der Waals surface area contributed by atoms with E-state index in [1.807, 2.05) is 0 Å². The third-order valence-electron chi connectivity index (χ3n) is 6.04. The summed E-state index contributed by atoms with van der Waals surface area (Å²) in [5.74, 6) is -1.80. The fourth-order valence-electron chi connectivity index (χ4n) is 4.25. The van der Waals surface area contributed by atoms with Gasteiger partial charge in [0.15, 0.2) is 5.82 Å². The first-order valence-corrected chi connectivity index (χ1v) is 12.6. The maximum absolute atomic E-state index is 13.5. The number of aromatic nitrogens is 2. The Labute approximate surface area is 231 Å². The second-order valence-electron chi connectivity index (χ2n) is 8.78. The van der Waals surface area contributed by atoms with Crippen LogP contribution in [-0.4, -0.2) is 15.3 Å². The quantitative estimate of drug-likeness (QED) is 0.178. The van der Waals surface area contributed by atoms with Crippen LogP contribution in [0, 0.1) is 12.7 Å². The van der Waals surface area contributed by atoms with Gasteiger partial charge in [-0.1, -0.05) is 29.8 Å². The molecule has 204 valence electrons. The molecule has 0 fully saturated rings. The fourth-order valence-corrected chi connectivity index (χ4v) is 4.87. The summed E-state index contributed by atoms with van der Waals surface area (Å²) in [7, 11) is 0. The highest BCUT2D eigenvalue weighted by atomic mass is 35.5. The topological polar surface area (TPSA) is 105 Å². The Bertz CT molecular complexity index is 1910. The molecule has 0 atom stereocenters. The van der Waals surface area contributed by atoms with Crippen molar-refractivity contribution in [1.29, 1.82) is 0 Å². The number of benzene rings is 3. The number of nitrogens with one attached hydrogen (secondary N) is 2. The molecule has 2 N–H and O–H groups in total. The molecule has 0 unspecified atom stereocenters. The zero-order chi connectivity index (χ0) is 28.8. The number of amides is 1. The van der Waals surface area contributed by atoms with Gasteiger partial charge in [0.1, 0.15) is 11.4 Å². The van der Waals surface area contributed by atoms with E-state index in [1.165, 1.54) is 6.07 Å². The number of nitrogens with zero attached hydrogens (tertiary/aromatic N) is 1. The van der Waals surface area contributed by atoms with Gasteiger partial charge in [0, 0.05) is 39.1 Å². The van der Waals surface area contributed by atoms with Gasteiger partial charge in [-0.2, -0.15) is 17.5 Å². The van der Waals surface area contributed by atoms with Crippen LogP contribution in [0.4, 0.5) is 23.2 Å². The van der Waals surface area contributed by atoms with Gasteiger partial charge in [0.05, 0.1) is 23.2 Å². The molecule has 0 aliphatic heterocycles. The second-order valence-corrected chi connectivity index (χ2v) is 9.92. The maximum Gasteiger partial charge on any atom is 0.418 e. The zero-order valence-electron chi connectivity index (χ0n) is 20.3. The van der Waals surface area contributed by atoms with Crippen molar-refractivity contribution in [3.8, 4) is 22.5 Å². The number of hydrogen-bond acceptors (Lipinski definition) is 6. The lowest BCUT2D eigenvalue weighted by Crippen LogP contribution is -2.22. The molecule has 0 aliphatic rings. The predicted molar refractivity (Wildman–Crippen MR) is 143 cm³/mol. The van der Waals surface area contributed by atoms with E-state index >= 15 is 0 Å². The standard InChI is InChI=1S/C27H16ClF4N3O4S/c1-12-7-16-21(11-19(12)28)39-25(37)17(10-22(36)33-20-6-5-15(29)9-18(20)27(30,31)32)23(16)13-3-2-4-14(8-13)24-34-26(38)40-35-24/h2-9,11H,10H2,1H3,(H,33,36)(H,34,35,38). The van der Waals surface area contributed by atoms with Gasteiger partial charge in [-0.25, -0.2) is 9.18 Å². The predicted octanol–water partition coefficient (Wildman–Crippen LogP) is 6.57. The first-order chi connectivity index (χ1) is 18.9. The second kappa shape index (κ2) is 10.4. The van der Waals surface area contributed by atoms with Crippen molar-refractivity contribution in [3.63, 3.8) is 0 Å². The van der Waals surface area contributed by atoms with Crippen molar-refractivity contribution in [2.45, 2.75) is 19.5 Å². The number of rotatable bonds is 5. The van der Waals surface area contributed by atoms with Crippen LogP contribution < -0.4 is 15.8 Å². The smallest absolute Gasteiger partial charge is 0.418 e. The van der Waals surface area contributed by atoms with E-state index in [0.717, 1.165) is 23.7 Å². The minimum Gasteiger partial charge on any atom is -0.422 e. The molecule has 2 heterocycles. The van der Waals surface area contributed by atoms with Crippen molar-refractivity contribution in [3.05, 3.63) is 102 Å². The van der Waals surface area contributed by atoms with Gasteiger partial charge < -0.3 is 9.73 Å². The monoisotopic (exact) mass is 589 g/mol. The molecule has 3 aromatic carbocycles. The summed E-state index contributed by atoms with van der Waals surface area (Å²) < 4.78 is 63.4. The van der Waals surface area contributed by atoms with Crippen molar-refractivity contribution < 1.29 is 26.8 Å². The number of anilines is 1. The molecule has 0 saturated heterocycles. The minimum atomic E-state index is -4.94. The summed E-state index contributed by atoms with van der Waals surface area (Å²) in [6, 6.07) is 11.6. The molecular weight excluding hydrogens is 574 g/mol. The van der Waals surface area contributed by atoms with Crippen LogP contribution in [0.5, 0.6) is 0 Å². The van der Waals surface area contributed by atoms with E-state index in [-0.39, 0.29) is 27.6 Å². The molecule has 5 aromatic rings. The van der Waals surface area contributed by atoms with E-state index < -0.39 is 41.2 Å². The fraction of sp³-hybridized carbons (Fsp3) is 0.111. The first-order valence-electron chi connectivity index (χ1n) is 11.5. The van der Waals surface area contributed by atoms with Crippen LogP contribution in [0.2, 0.25) is 5.02 Å². The molecule has 7 nitrogen and oxygen atoms in total. The number of carbonyl (C=O) groups excluding carboxylic acids is 1. The van der Waals surface area contributed by atoms with E-state index in [9.17, 15) is 31.9 Å². The van der Waals surface area contributed by atoms with Gasteiger partial charge >= 0.3 is 16.7 Å². The molecule has 1 amide bonds. The van der Waals surface area contributed by atoms with E-state index in [2.05, 4.69) is 14.7 Å². The lowest BCUT2D eigenvalue weighted by atomic mass is 9.93. The van der Waals surface area contributed by atoms with E-state index in [1.54, 1.807) is 37.3 Å². The Kier molecular flexibility index (Phi) is 7.06. The third kappa shape index (κ3) is 5.40. The normalized spacial score (nSPS) is 11.7. The van der Waals surface area contributed by atoms with E-state index in [0.29, 0.717) is 32.9 Å². The molecule has 0 radical (unpaired) electrons. The summed E-state index contributed by atoms with van der Waals surface area (Å²) >= 11 is 6.97. The lowest BCUT2D eigenvalue weighted by Gasteiger charge is -2.16. The number of H-pyrrole nitrogens is 1. The number of aryl methyl sites for hydroxylation is 1. The van der Waals surface area contributed by atoms with Crippen molar-refractivity contribution >= 4 is 45.7 Å². The van der Waals surface area contributed by atoms with E-state index in [4.69, 9.17) is 16.0 Å². The molecular formula is C27H16ClF4N3O4S. The summed E-state index contributed by atoms with van der Waals surface area (Å²) in [4.78, 5) is 40.0. The average Bonchev–Trinajstić information content (AvgIpc) is 3.32. The highest BCUT2D eigenvalue weighted by molar-refractivity contribution is 7.03. The molecule has 2 aromatic heterocycles. The highest BCUT2D eigenvalue weighted by Crippen LogP contribution is 2.37. The SMILES string of the molecule is Cc1cc2c(-c3cccc(-c4nsc(=O)[nH]4)c3)c(CC(=O)Nc3ccc(F)cc3C(F)(F)F)c(=O)oc2cc1Cl. The zero-order valence-corrected chi connectivity index (χ0v) is 21.9. The minimum absolute atomic E-state index is 0.130. The first kappa shape index (κ1) is 27.3. The number of alkyl halides is 3. The Morgan fingerprint density at radius 2 is 1.85 bits per heavy atom. The number of hydrogen-bond donors (Lipinski definition) is 2. The third-order valence-corrected chi connectivity index (χ3v) is 6.99. The highest BCUT2D eigenvalue weighted by Gasteiger charge is 2.34. The molecule has 40 heavy (non-hydrogen) atoms. The lowest BCUT2D eigenvalue weighted by molar-refractivity contribution is -0.137. The summed E-state index contributed by atoms with van der Waals surface area (Å²) in [6.45, 7) is 1.73. The number of fused-ring (bicyclic) bond motifs is 1. The molecule has 5 rings (SSSR count). The number of carbonyl (C=O) groups is 1. The molecule has 13 heteroatoms. The van der Waals surface area contributed by atoms with Crippen LogP contribution in [0.15, 0.2) is 68.6 Å². The summed E-state index contributed by atoms with van der Waals surface area (Å²) in [6.07, 6.45) is -5.60. The van der Waals surface area contributed by atoms with Gasteiger partial charge in [0.2, 0.25) is 5.91 Å². The largest absolute Gasteiger partial charge is 0.422 e. The van der Waals surface area contributed by atoms with Gasteiger partial charge in [-0.05, 0) is 48.4 Å². The summed E-state index contributed by atoms with van der Waals surface area (Å²) in [5, 5.41) is 2.88. The van der Waals surface area contributed by atoms with Gasteiger partial charge in [-0.15, -0.1) is 0 Å². The van der Waals surface area contributed by atoms with Crippen LogP contribution in [0.1, 0.15) is 16.7 Å². The van der Waals surface area contributed by atoms with Crippen molar-refractivity contribution in [2.75, 3.05) is 5.32 Å². The molecule has 0 saturated carbocycles. The van der Waals surface area contributed by atoms with Crippen LogP contribution >= 0.6 is 23.1 Å². The maximum atomic E-state index is 13.5. The Hall–Kier alpha value is -4.29. The van der Waals surface area contributed by atoms with Crippen molar-refractivity contribution in [1.82, 2.24) is 9.36 Å². The average molecular weight is 590 g/mol. The molecule has 0 spiro atoms. The Morgan fingerprint density at radius 3 is 2.55 bits per heavy atom. The van der Waals surface area contributed by atoms with Gasteiger partial charge in [0.25, 0.3) is 0 Å². The van der Waals surface area contributed by atoms with Crippen molar-refractivity contribution in [2.24, 2.45) is 0 Å². The summed E-state index contributed by atoms with van der Waals surface area (Å²) in [5.41, 5.74) is -1.05. The van der Waals surface area contributed by atoms with Crippen LogP contribution in [0.25, 0.3) is 33.5 Å². The Balaban J connectivity index is 1.65. The molecule has 0 bridgehead atoms. The van der Waals surface area contributed by atoms with Crippen LogP contribution in [-0.2, 0) is 17.4 Å². The number of aromatic amines is 1. The number of halogens is 5. The Morgan fingerprint density at radius 1 is 1.10 bits per heavy atom. The molecule has 0 aliphatic carbocycles. The van der Waals surface area contributed by atoms with Gasteiger partial charge in [-0.3, -0.25) is 14.6 Å².